The summed E-state index contributed by atoms with van der Waals surface area (Å²) in [6, 6.07) is 18.0. The molecule has 0 saturated carbocycles. The Balaban J connectivity index is 1.30. The number of aryl methyl sites for hydroxylation is 2. The summed E-state index contributed by atoms with van der Waals surface area (Å²) in [4.78, 5) is 34.8. The van der Waals surface area contributed by atoms with E-state index in [9.17, 15) is 14.0 Å². The Kier molecular flexibility index (Phi) is 9.69. The molecule has 0 fully saturated rings. The van der Waals surface area contributed by atoms with E-state index >= 15 is 0 Å². The Labute approximate surface area is 290 Å². The van der Waals surface area contributed by atoms with Gasteiger partial charge in [0.2, 0.25) is 5.91 Å². The molecule has 5 aromatic rings. The summed E-state index contributed by atoms with van der Waals surface area (Å²) in [5.74, 6) is 0.705. The predicted octanol–water partition coefficient (Wildman–Crippen LogP) is 8.59. The van der Waals surface area contributed by atoms with E-state index in [2.05, 4.69) is 46.9 Å². The lowest BCUT2D eigenvalue weighted by Crippen LogP contribution is -2.29. The maximum absolute atomic E-state index is 14.3. The highest BCUT2D eigenvalue weighted by molar-refractivity contribution is 7.99. The van der Waals surface area contributed by atoms with Crippen LogP contribution in [0.1, 0.15) is 76.1 Å². The summed E-state index contributed by atoms with van der Waals surface area (Å²) >= 11 is 2.90. The van der Waals surface area contributed by atoms with Crippen molar-refractivity contribution in [1.82, 2.24) is 19.3 Å². The minimum Gasteiger partial charge on any atom is -0.310 e. The SMILES string of the molecule is CCC(C)(C)[C@@H]1CCc2c(sc3nc(SCC(=O)Nc4cc(C(C)(C)C)nn4-c4ccccc4)n(CCc4ccc(F)cc4)c(=O)c23)C1. The van der Waals surface area contributed by atoms with Crippen LogP contribution in [0.15, 0.2) is 70.6 Å². The van der Waals surface area contributed by atoms with Crippen molar-refractivity contribution in [3.8, 4) is 5.69 Å². The third kappa shape index (κ3) is 7.15. The van der Waals surface area contributed by atoms with Crippen LogP contribution in [0.4, 0.5) is 10.2 Å². The number of carbonyl (C=O) groups is 1. The fourth-order valence-electron chi connectivity index (χ4n) is 6.31. The van der Waals surface area contributed by atoms with Crippen molar-refractivity contribution < 1.29 is 9.18 Å². The van der Waals surface area contributed by atoms with Gasteiger partial charge in [0.1, 0.15) is 16.5 Å². The number of amides is 1. The first-order chi connectivity index (χ1) is 22.8. The van der Waals surface area contributed by atoms with Crippen LogP contribution >= 0.6 is 23.1 Å². The molecule has 0 bridgehead atoms. The van der Waals surface area contributed by atoms with Crippen molar-refractivity contribution in [3.05, 3.63) is 98.5 Å². The van der Waals surface area contributed by atoms with Crippen LogP contribution in [-0.2, 0) is 36.0 Å². The molecular formula is C38H44FN5O2S2. The predicted molar refractivity (Wildman–Crippen MR) is 195 cm³/mol. The summed E-state index contributed by atoms with van der Waals surface area (Å²) in [6.45, 7) is 13.6. The molecule has 3 heterocycles. The van der Waals surface area contributed by atoms with Crippen molar-refractivity contribution in [2.75, 3.05) is 11.1 Å². The molecule has 1 atom stereocenters. The molecule has 1 amide bonds. The third-order valence-corrected chi connectivity index (χ3v) is 11.9. The van der Waals surface area contributed by atoms with Gasteiger partial charge in [-0.3, -0.25) is 14.2 Å². The van der Waals surface area contributed by atoms with E-state index in [4.69, 9.17) is 10.1 Å². The number of fused-ring (bicyclic) bond motifs is 3. The second kappa shape index (κ2) is 13.6. The molecule has 0 radical (unpaired) electrons. The minimum absolute atomic E-state index is 0.0623. The quantitative estimate of drug-likeness (QED) is 0.118. The highest BCUT2D eigenvalue weighted by atomic mass is 32.2. The van der Waals surface area contributed by atoms with Gasteiger partial charge in [0, 0.05) is 22.9 Å². The zero-order valence-corrected chi connectivity index (χ0v) is 30.2. The molecule has 1 N–H and O–H groups in total. The van der Waals surface area contributed by atoms with Crippen LogP contribution in [0.25, 0.3) is 15.9 Å². The van der Waals surface area contributed by atoms with Gasteiger partial charge in [-0.1, -0.05) is 90.1 Å². The Bertz CT molecular complexity index is 1990. The standard InChI is InChI=1S/C38H44FN5O2S2/c1-7-38(5,6)25-15-18-28-29(21-25)48-34-33(28)35(46)43(20-19-24-13-16-26(39)17-14-24)36(41-34)47-23-32(45)40-31-22-30(37(2,3)4)42-44(31)27-11-9-8-10-12-27/h8-14,16-17,22,25H,7,15,18-21,23H2,1-6H3,(H,40,45)/t25-/m1/s1. The van der Waals surface area contributed by atoms with Crippen molar-refractivity contribution in [3.63, 3.8) is 0 Å². The lowest BCUT2D eigenvalue weighted by Gasteiger charge is -2.36. The van der Waals surface area contributed by atoms with Crippen molar-refractivity contribution in [2.24, 2.45) is 11.3 Å². The maximum atomic E-state index is 14.3. The summed E-state index contributed by atoms with van der Waals surface area (Å²) in [5.41, 5.74) is 3.75. The Morgan fingerprint density at radius 2 is 1.81 bits per heavy atom. The van der Waals surface area contributed by atoms with Gasteiger partial charge in [0.05, 0.1) is 22.5 Å². The first kappa shape index (κ1) is 34.1. The van der Waals surface area contributed by atoms with Crippen LogP contribution in [-0.4, -0.2) is 31.0 Å². The molecule has 0 spiro atoms. The van der Waals surface area contributed by atoms with E-state index in [1.807, 2.05) is 36.4 Å². The summed E-state index contributed by atoms with van der Waals surface area (Å²) in [7, 11) is 0. The number of carbonyl (C=O) groups excluding carboxylic acids is 1. The number of nitrogens with one attached hydrogen (secondary N) is 1. The molecule has 48 heavy (non-hydrogen) atoms. The number of rotatable bonds is 10. The number of thioether (sulfide) groups is 1. The van der Waals surface area contributed by atoms with E-state index in [1.54, 1.807) is 32.7 Å². The number of aromatic nitrogens is 4. The molecule has 0 unspecified atom stereocenters. The molecule has 7 nitrogen and oxygen atoms in total. The molecular weight excluding hydrogens is 642 g/mol. The Morgan fingerprint density at radius 1 is 1.08 bits per heavy atom. The van der Waals surface area contributed by atoms with Crippen LogP contribution in [0, 0.1) is 17.2 Å². The van der Waals surface area contributed by atoms with Crippen LogP contribution in [0.5, 0.6) is 0 Å². The molecule has 252 valence electrons. The number of benzene rings is 2. The summed E-state index contributed by atoms with van der Waals surface area (Å²) < 4.78 is 17.1. The number of halogens is 1. The van der Waals surface area contributed by atoms with Gasteiger partial charge in [-0.05, 0) is 72.4 Å². The van der Waals surface area contributed by atoms with E-state index < -0.39 is 0 Å². The average molecular weight is 686 g/mol. The van der Waals surface area contributed by atoms with Crippen molar-refractivity contribution in [2.45, 2.75) is 90.8 Å². The number of para-hydroxylation sites is 1. The van der Waals surface area contributed by atoms with Gasteiger partial charge in [0.15, 0.2) is 5.16 Å². The lowest BCUT2D eigenvalue weighted by molar-refractivity contribution is -0.113. The molecule has 10 heteroatoms. The highest BCUT2D eigenvalue weighted by Gasteiger charge is 2.34. The van der Waals surface area contributed by atoms with Crippen molar-refractivity contribution >= 4 is 45.0 Å². The fraction of sp³-hybridized carbons (Fsp3) is 0.421. The second-order valence-electron chi connectivity index (χ2n) is 14.4. The number of thiophene rings is 1. The van der Waals surface area contributed by atoms with E-state index in [-0.39, 0.29) is 33.9 Å². The Hall–Kier alpha value is -3.76. The van der Waals surface area contributed by atoms with E-state index in [1.165, 1.54) is 28.8 Å². The molecule has 2 aromatic carbocycles. The fourth-order valence-corrected chi connectivity index (χ4v) is 8.47. The zero-order valence-electron chi connectivity index (χ0n) is 28.6. The van der Waals surface area contributed by atoms with Crippen LogP contribution in [0.2, 0.25) is 0 Å². The van der Waals surface area contributed by atoms with Crippen LogP contribution in [0.3, 0.4) is 0 Å². The zero-order chi connectivity index (χ0) is 34.2. The number of hydrogen-bond acceptors (Lipinski definition) is 6. The van der Waals surface area contributed by atoms with Gasteiger partial charge >= 0.3 is 0 Å². The van der Waals surface area contributed by atoms with Gasteiger partial charge in [-0.15, -0.1) is 11.3 Å². The van der Waals surface area contributed by atoms with Gasteiger partial charge in [-0.2, -0.15) is 5.10 Å². The third-order valence-electron chi connectivity index (χ3n) is 9.77. The monoisotopic (exact) mass is 685 g/mol. The second-order valence-corrected chi connectivity index (χ2v) is 16.5. The summed E-state index contributed by atoms with van der Waals surface area (Å²) in [6.07, 6.45) is 4.54. The maximum Gasteiger partial charge on any atom is 0.263 e. The molecule has 1 aliphatic rings. The summed E-state index contributed by atoms with van der Waals surface area (Å²) in [5, 5.41) is 9.11. The smallest absolute Gasteiger partial charge is 0.263 e. The van der Waals surface area contributed by atoms with E-state index in [0.29, 0.717) is 29.9 Å². The first-order valence-corrected chi connectivity index (χ1v) is 18.5. The first-order valence-electron chi connectivity index (χ1n) is 16.7. The molecule has 0 saturated heterocycles. The van der Waals surface area contributed by atoms with E-state index in [0.717, 1.165) is 58.4 Å². The Morgan fingerprint density at radius 3 is 2.50 bits per heavy atom. The average Bonchev–Trinajstić information content (AvgIpc) is 3.66. The molecule has 1 aliphatic carbocycles. The highest BCUT2D eigenvalue weighted by Crippen LogP contribution is 2.44. The normalized spacial score (nSPS) is 15.1. The topological polar surface area (TPSA) is 81.8 Å². The van der Waals surface area contributed by atoms with Crippen LogP contribution < -0.4 is 10.9 Å². The number of nitrogens with zero attached hydrogens (tertiary/aromatic N) is 4. The van der Waals surface area contributed by atoms with Crippen molar-refractivity contribution in [1.29, 1.82) is 0 Å². The number of hydrogen-bond donors (Lipinski definition) is 1. The largest absolute Gasteiger partial charge is 0.310 e. The lowest BCUT2D eigenvalue weighted by atomic mass is 9.70. The van der Waals surface area contributed by atoms with Gasteiger partial charge in [0.25, 0.3) is 5.56 Å². The number of anilines is 1. The van der Waals surface area contributed by atoms with Gasteiger partial charge < -0.3 is 5.32 Å². The molecule has 3 aromatic heterocycles. The van der Waals surface area contributed by atoms with Gasteiger partial charge in [-0.25, -0.2) is 14.1 Å². The minimum atomic E-state index is -0.293. The molecule has 6 rings (SSSR count). The molecule has 0 aliphatic heterocycles.